The number of hydrogen-bond donors (Lipinski definition) is 3. The van der Waals surface area contributed by atoms with Gasteiger partial charge < -0.3 is 15.8 Å². The number of rotatable bonds is 4. The molecule has 3 nitrogen and oxygen atoms in total. The smallest absolute Gasteiger partial charge is 0.0955 e. The summed E-state index contributed by atoms with van der Waals surface area (Å²) >= 11 is 0. The van der Waals surface area contributed by atoms with E-state index < -0.39 is 6.10 Å². The minimum absolute atomic E-state index is 0.153. The topological polar surface area (TPSA) is 62.0 Å². The van der Waals surface area contributed by atoms with Crippen LogP contribution in [0, 0.1) is 6.92 Å². The highest BCUT2D eigenvalue weighted by Crippen LogP contribution is 2.18. The highest BCUT2D eigenvalue weighted by Gasteiger charge is 2.16. The minimum atomic E-state index is -0.537. The SMILES string of the molecule is CCCC(N)C(O)c1c[nH]c(C)c1. The Hall–Kier alpha value is -0.800. The Kier molecular flexibility index (Phi) is 3.51. The predicted molar refractivity (Wildman–Crippen MR) is 53.4 cm³/mol. The van der Waals surface area contributed by atoms with Gasteiger partial charge in [0.25, 0.3) is 0 Å². The Labute approximate surface area is 79.0 Å². The van der Waals surface area contributed by atoms with Crippen LogP contribution in [0.15, 0.2) is 12.3 Å². The summed E-state index contributed by atoms with van der Waals surface area (Å²) in [5.74, 6) is 0. The maximum Gasteiger partial charge on any atom is 0.0955 e. The Morgan fingerprint density at radius 3 is 2.77 bits per heavy atom. The van der Waals surface area contributed by atoms with Crippen LogP contribution in [0.4, 0.5) is 0 Å². The standard InChI is InChI=1S/C10H18N2O/c1-3-4-9(11)10(13)8-5-7(2)12-6-8/h5-6,9-10,12-13H,3-4,11H2,1-2H3. The molecule has 3 heteroatoms. The number of aromatic nitrogens is 1. The average molecular weight is 182 g/mol. The maximum atomic E-state index is 9.79. The number of H-pyrrole nitrogens is 1. The van der Waals surface area contributed by atoms with Gasteiger partial charge >= 0.3 is 0 Å². The molecule has 0 amide bonds. The Morgan fingerprint density at radius 2 is 2.31 bits per heavy atom. The van der Waals surface area contributed by atoms with Gasteiger partial charge in [-0.25, -0.2) is 0 Å². The second kappa shape index (κ2) is 4.44. The first-order chi connectivity index (χ1) is 6.15. The minimum Gasteiger partial charge on any atom is -0.387 e. The molecule has 2 atom stereocenters. The van der Waals surface area contributed by atoms with Crippen molar-refractivity contribution in [3.05, 3.63) is 23.5 Å². The molecule has 1 heterocycles. The van der Waals surface area contributed by atoms with Crippen LogP contribution in [0.1, 0.15) is 37.1 Å². The van der Waals surface area contributed by atoms with Crippen molar-refractivity contribution in [2.45, 2.75) is 38.8 Å². The third-order valence-corrected chi connectivity index (χ3v) is 2.22. The van der Waals surface area contributed by atoms with Gasteiger partial charge in [-0.2, -0.15) is 0 Å². The zero-order chi connectivity index (χ0) is 9.84. The monoisotopic (exact) mass is 182 g/mol. The van der Waals surface area contributed by atoms with Crippen molar-refractivity contribution in [2.75, 3.05) is 0 Å². The fourth-order valence-electron chi connectivity index (χ4n) is 1.44. The van der Waals surface area contributed by atoms with E-state index in [4.69, 9.17) is 5.73 Å². The molecule has 0 radical (unpaired) electrons. The first-order valence-electron chi connectivity index (χ1n) is 4.73. The van der Waals surface area contributed by atoms with E-state index >= 15 is 0 Å². The summed E-state index contributed by atoms with van der Waals surface area (Å²) in [4.78, 5) is 3.03. The van der Waals surface area contributed by atoms with Gasteiger partial charge in [0.05, 0.1) is 6.10 Å². The molecule has 13 heavy (non-hydrogen) atoms. The molecule has 1 aromatic rings. The molecule has 0 saturated carbocycles. The number of hydrogen-bond acceptors (Lipinski definition) is 2. The summed E-state index contributed by atoms with van der Waals surface area (Å²) in [5.41, 5.74) is 7.75. The summed E-state index contributed by atoms with van der Waals surface area (Å²) in [6, 6.07) is 1.78. The van der Waals surface area contributed by atoms with Gasteiger partial charge in [0.2, 0.25) is 0 Å². The lowest BCUT2D eigenvalue weighted by molar-refractivity contribution is 0.142. The molecule has 0 aliphatic heterocycles. The van der Waals surface area contributed by atoms with Crippen molar-refractivity contribution in [2.24, 2.45) is 5.73 Å². The van der Waals surface area contributed by atoms with Gasteiger partial charge in [-0.3, -0.25) is 0 Å². The lowest BCUT2D eigenvalue weighted by Gasteiger charge is -2.16. The first-order valence-corrected chi connectivity index (χ1v) is 4.73. The van der Waals surface area contributed by atoms with Crippen molar-refractivity contribution in [3.8, 4) is 0 Å². The van der Waals surface area contributed by atoms with Gasteiger partial charge in [0, 0.05) is 17.9 Å². The van der Waals surface area contributed by atoms with Crippen LogP contribution in [0.2, 0.25) is 0 Å². The number of nitrogens with one attached hydrogen (secondary N) is 1. The van der Waals surface area contributed by atoms with E-state index in [0.29, 0.717) is 0 Å². The van der Waals surface area contributed by atoms with Crippen LogP contribution in [0.5, 0.6) is 0 Å². The van der Waals surface area contributed by atoms with Crippen molar-refractivity contribution >= 4 is 0 Å². The molecule has 1 rings (SSSR count). The summed E-state index contributed by atoms with van der Waals surface area (Å²) in [6.45, 7) is 4.02. The van der Waals surface area contributed by atoms with Gasteiger partial charge in [-0.1, -0.05) is 13.3 Å². The van der Waals surface area contributed by atoms with Gasteiger partial charge in [0.1, 0.15) is 0 Å². The fraction of sp³-hybridized carbons (Fsp3) is 0.600. The number of aromatic amines is 1. The molecule has 0 aromatic carbocycles. The van der Waals surface area contributed by atoms with Crippen LogP contribution in [-0.2, 0) is 0 Å². The van der Waals surface area contributed by atoms with Crippen LogP contribution in [-0.4, -0.2) is 16.1 Å². The zero-order valence-electron chi connectivity index (χ0n) is 8.25. The molecule has 0 saturated heterocycles. The van der Waals surface area contributed by atoms with E-state index in [1.807, 2.05) is 19.2 Å². The molecule has 0 aliphatic rings. The second-order valence-corrected chi connectivity index (χ2v) is 3.51. The van der Waals surface area contributed by atoms with Crippen LogP contribution < -0.4 is 5.73 Å². The molecular weight excluding hydrogens is 164 g/mol. The van der Waals surface area contributed by atoms with Gasteiger partial charge in [-0.15, -0.1) is 0 Å². The van der Waals surface area contributed by atoms with Crippen molar-refractivity contribution in [1.29, 1.82) is 0 Å². The summed E-state index contributed by atoms with van der Waals surface area (Å²) in [6.07, 6.45) is 3.13. The number of aryl methyl sites for hydroxylation is 1. The predicted octanol–water partition coefficient (Wildman–Crippen LogP) is 1.48. The van der Waals surface area contributed by atoms with E-state index in [2.05, 4.69) is 11.9 Å². The third-order valence-electron chi connectivity index (χ3n) is 2.22. The highest BCUT2D eigenvalue weighted by atomic mass is 16.3. The second-order valence-electron chi connectivity index (χ2n) is 3.51. The van der Waals surface area contributed by atoms with E-state index in [9.17, 15) is 5.11 Å². The molecule has 4 N–H and O–H groups in total. The van der Waals surface area contributed by atoms with Crippen LogP contribution >= 0.6 is 0 Å². The fourth-order valence-corrected chi connectivity index (χ4v) is 1.44. The van der Waals surface area contributed by atoms with E-state index in [0.717, 1.165) is 24.1 Å². The van der Waals surface area contributed by atoms with Crippen LogP contribution in [0.25, 0.3) is 0 Å². The first kappa shape index (κ1) is 10.3. The average Bonchev–Trinajstić information content (AvgIpc) is 2.51. The molecule has 0 spiro atoms. The number of nitrogens with two attached hydrogens (primary N) is 1. The number of aliphatic hydroxyl groups is 1. The van der Waals surface area contributed by atoms with Crippen molar-refractivity contribution in [3.63, 3.8) is 0 Å². The highest BCUT2D eigenvalue weighted by molar-refractivity contribution is 5.19. The molecule has 2 unspecified atom stereocenters. The summed E-state index contributed by atoms with van der Waals surface area (Å²) in [7, 11) is 0. The van der Waals surface area contributed by atoms with E-state index in [-0.39, 0.29) is 6.04 Å². The third kappa shape index (κ3) is 2.57. The van der Waals surface area contributed by atoms with Crippen LogP contribution in [0.3, 0.4) is 0 Å². The van der Waals surface area contributed by atoms with E-state index in [1.165, 1.54) is 0 Å². The van der Waals surface area contributed by atoms with Crippen molar-refractivity contribution in [1.82, 2.24) is 4.98 Å². The largest absolute Gasteiger partial charge is 0.387 e. The molecule has 0 aliphatic carbocycles. The summed E-state index contributed by atoms with van der Waals surface area (Å²) in [5, 5.41) is 9.79. The molecule has 74 valence electrons. The Balaban J connectivity index is 2.61. The Morgan fingerprint density at radius 1 is 1.62 bits per heavy atom. The lowest BCUT2D eigenvalue weighted by atomic mass is 10.0. The van der Waals surface area contributed by atoms with Crippen molar-refractivity contribution < 1.29 is 5.11 Å². The van der Waals surface area contributed by atoms with Gasteiger partial charge in [0.15, 0.2) is 0 Å². The van der Waals surface area contributed by atoms with E-state index in [1.54, 1.807) is 0 Å². The summed E-state index contributed by atoms with van der Waals surface area (Å²) < 4.78 is 0. The molecular formula is C10H18N2O. The Bertz CT molecular complexity index is 257. The molecule has 0 fully saturated rings. The molecule has 1 aromatic heterocycles. The zero-order valence-corrected chi connectivity index (χ0v) is 8.25. The number of aliphatic hydroxyl groups excluding tert-OH is 1. The molecule has 0 bridgehead atoms. The lowest BCUT2D eigenvalue weighted by Crippen LogP contribution is -2.27. The van der Waals surface area contributed by atoms with Gasteiger partial charge in [-0.05, 0) is 25.0 Å². The maximum absolute atomic E-state index is 9.79. The normalized spacial score (nSPS) is 15.7. The quantitative estimate of drug-likeness (QED) is 0.660.